The van der Waals surface area contributed by atoms with Crippen LogP contribution in [-0.4, -0.2) is 35.6 Å². The van der Waals surface area contributed by atoms with Crippen molar-refractivity contribution in [3.8, 4) is 0 Å². The molecule has 0 radical (unpaired) electrons. The average Bonchev–Trinajstić information content (AvgIpc) is 3.30. The van der Waals surface area contributed by atoms with Crippen LogP contribution in [0.15, 0.2) is 18.2 Å². The number of benzene rings is 1. The Morgan fingerprint density at radius 2 is 2.04 bits per heavy atom. The average molecular weight is 415 g/mol. The van der Waals surface area contributed by atoms with Gasteiger partial charge in [-0.1, -0.05) is 0 Å². The monoisotopic (exact) mass is 414 g/mol. The lowest BCUT2D eigenvalue weighted by atomic mass is 9.93. The number of fused-ring (bicyclic) bond motifs is 1. The number of rotatable bonds is 5. The highest BCUT2D eigenvalue weighted by Crippen LogP contribution is 2.28. The minimum absolute atomic E-state index is 0. The molecule has 1 aromatic heterocycles. The van der Waals surface area contributed by atoms with Crippen LogP contribution >= 0.6 is 24.8 Å². The Labute approximate surface area is 172 Å². The van der Waals surface area contributed by atoms with E-state index in [2.05, 4.69) is 20.6 Å². The summed E-state index contributed by atoms with van der Waals surface area (Å²) in [6.45, 7) is 2.96. The standard InChI is InChI=1S/C19H26N4O2.2ClH/c24-18(6-3-13-7-9-20-10-8-13)21-14-4-5-15-16(12-14)23-19(22-15)17-2-1-11-25-17;;/h4-5,12-13,17,20H,1-3,6-11H2,(H,21,24)(H,22,23);2*1H. The number of hydrogen-bond donors (Lipinski definition) is 3. The molecule has 0 aliphatic carbocycles. The molecule has 1 atom stereocenters. The molecule has 150 valence electrons. The van der Waals surface area contributed by atoms with E-state index in [4.69, 9.17) is 4.74 Å². The van der Waals surface area contributed by atoms with Crippen LogP contribution in [0.5, 0.6) is 0 Å². The predicted molar refractivity (Wildman–Crippen MR) is 112 cm³/mol. The lowest BCUT2D eigenvalue weighted by Crippen LogP contribution is -2.28. The molecule has 0 bridgehead atoms. The third-order valence-electron chi connectivity index (χ3n) is 5.26. The maximum absolute atomic E-state index is 12.2. The molecular weight excluding hydrogens is 387 g/mol. The van der Waals surface area contributed by atoms with Crippen molar-refractivity contribution in [3.63, 3.8) is 0 Å². The Morgan fingerprint density at radius 3 is 2.78 bits per heavy atom. The molecule has 1 unspecified atom stereocenters. The first-order valence-corrected chi connectivity index (χ1v) is 9.40. The molecule has 2 aromatic rings. The van der Waals surface area contributed by atoms with Gasteiger partial charge in [-0.15, -0.1) is 24.8 Å². The lowest BCUT2D eigenvalue weighted by Gasteiger charge is -2.22. The minimum atomic E-state index is 0. The third kappa shape index (κ3) is 5.57. The number of carbonyl (C=O) groups is 1. The second kappa shape index (κ2) is 10.3. The summed E-state index contributed by atoms with van der Waals surface area (Å²) in [5.41, 5.74) is 2.69. The van der Waals surface area contributed by atoms with E-state index >= 15 is 0 Å². The first-order chi connectivity index (χ1) is 12.3. The van der Waals surface area contributed by atoms with Crippen molar-refractivity contribution in [2.75, 3.05) is 25.0 Å². The van der Waals surface area contributed by atoms with Crippen molar-refractivity contribution in [3.05, 3.63) is 24.0 Å². The summed E-state index contributed by atoms with van der Waals surface area (Å²) in [6.07, 6.45) is 6.10. The fraction of sp³-hybridized carbons (Fsp3) is 0.579. The van der Waals surface area contributed by atoms with Crippen LogP contribution in [0.3, 0.4) is 0 Å². The molecule has 6 nitrogen and oxygen atoms in total. The highest BCUT2D eigenvalue weighted by molar-refractivity contribution is 5.93. The van der Waals surface area contributed by atoms with E-state index < -0.39 is 0 Å². The number of nitrogens with zero attached hydrogens (tertiary/aromatic N) is 1. The number of H-pyrrole nitrogens is 1. The van der Waals surface area contributed by atoms with Gasteiger partial charge in [0.05, 0.1) is 11.0 Å². The van der Waals surface area contributed by atoms with Gasteiger partial charge in [-0.2, -0.15) is 0 Å². The fourth-order valence-corrected chi connectivity index (χ4v) is 3.78. The van der Waals surface area contributed by atoms with E-state index in [-0.39, 0.29) is 36.8 Å². The van der Waals surface area contributed by atoms with E-state index in [0.717, 1.165) is 61.5 Å². The van der Waals surface area contributed by atoms with Gasteiger partial charge in [-0.3, -0.25) is 4.79 Å². The number of aromatic amines is 1. The maximum atomic E-state index is 12.2. The molecule has 3 heterocycles. The molecule has 2 saturated heterocycles. The van der Waals surface area contributed by atoms with Crippen molar-refractivity contribution in [2.24, 2.45) is 5.92 Å². The molecule has 2 aliphatic rings. The Kier molecular flexibility index (Phi) is 8.35. The highest BCUT2D eigenvalue weighted by atomic mass is 35.5. The summed E-state index contributed by atoms with van der Waals surface area (Å²) in [5.74, 6) is 1.66. The zero-order valence-corrected chi connectivity index (χ0v) is 17.0. The van der Waals surface area contributed by atoms with Crippen LogP contribution in [0.4, 0.5) is 5.69 Å². The molecule has 4 rings (SSSR count). The molecule has 0 saturated carbocycles. The smallest absolute Gasteiger partial charge is 0.224 e. The first kappa shape index (κ1) is 22.0. The molecule has 1 aromatic carbocycles. The molecule has 2 fully saturated rings. The van der Waals surface area contributed by atoms with Crippen LogP contribution in [0.2, 0.25) is 0 Å². The van der Waals surface area contributed by atoms with Gasteiger partial charge < -0.3 is 20.4 Å². The number of aromatic nitrogens is 2. The van der Waals surface area contributed by atoms with E-state index in [9.17, 15) is 4.79 Å². The molecule has 27 heavy (non-hydrogen) atoms. The second-order valence-corrected chi connectivity index (χ2v) is 7.14. The first-order valence-electron chi connectivity index (χ1n) is 9.40. The second-order valence-electron chi connectivity index (χ2n) is 7.14. The van der Waals surface area contributed by atoms with Gasteiger partial charge in [0.15, 0.2) is 0 Å². The van der Waals surface area contributed by atoms with Gasteiger partial charge >= 0.3 is 0 Å². The molecule has 3 N–H and O–H groups in total. The maximum Gasteiger partial charge on any atom is 0.224 e. The molecule has 8 heteroatoms. The Morgan fingerprint density at radius 1 is 1.22 bits per heavy atom. The van der Waals surface area contributed by atoms with Gasteiger partial charge in [0.1, 0.15) is 11.9 Å². The van der Waals surface area contributed by atoms with E-state index in [1.807, 2.05) is 18.2 Å². The van der Waals surface area contributed by atoms with Crippen molar-refractivity contribution in [1.29, 1.82) is 0 Å². The summed E-state index contributed by atoms with van der Waals surface area (Å²) >= 11 is 0. The number of nitrogens with one attached hydrogen (secondary N) is 3. The number of piperidine rings is 1. The van der Waals surface area contributed by atoms with E-state index in [0.29, 0.717) is 12.3 Å². The number of anilines is 1. The van der Waals surface area contributed by atoms with Crippen molar-refractivity contribution in [1.82, 2.24) is 15.3 Å². The zero-order valence-electron chi connectivity index (χ0n) is 15.3. The minimum Gasteiger partial charge on any atom is -0.370 e. The zero-order chi connectivity index (χ0) is 17.1. The summed E-state index contributed by atoms with van der Waals surface area (Å²) in [6, 6.07) is 5.83. The molecular formula is C19H28Cl2N4O2. The molecule has 0 spiro atoms. The summed E-state index contributed by atoms with van der Waals surface area (Å²) < 4.78 is 5.68. The summed E-state index contributed by atoms with van der Waals surface area (Å²) in [4.78, 5) is 20.2. The van der Waals surface area contributed by atoms with Gasteiger partial charge in [0.2, 0.25) is 5.91 Å². The van der Waals surface area contributed by atoms with E-state index in [1.54, 1.807) is 0 Å². The Hall–Kier alpha value is -1.34. The largest absolute Gasteiger partial charge is 0.370 e. The topological polar surface area (TPSA) is 79.0 Å². The Bertz CT molecular complexity index is 740. The van der Waals surface area contributed by atoms with Crippen molar-refractivity contribution in [2.45, 2.75) is 44.6 Å². The number of imidazole rings is 1. The van der Waals surface area contributed by atoms with Gasteiger partial charge in [0.25, 0.3) is 0 Å². The highest BCUT2D eigenvalue weighted by Gasteiger charge is 2.21. The lowest BCUT2D eigenvalue weighted by molar-refractivity contribution is -0.116. The van der Waals surface area contributed by atoms with Crippen LogP contribution in [0.1, 0.15) is 50.5 Å². The fourth-order valence-electron chi connectivity index (χ4n) is 3.78. The molecule has 1 amide bonds. The number of ether oxygens (including phenoxy) is 1. The van der Waals surface area contributed by atoms with Crippen LogP contribution in [0.25, 0.3) is 11.0 Å². The number of carbonyl (C=O) groups excluding carboxylic acids is 1. The van der Waals surface area contributed by atoms with Crippen LogP contribution in [0, 0.1) is 5.92 Å². The third-order valence-corrected chi connectivity index (χ3v) is 5.26. The van der Waals surface area contributed by atoms with Gasteiger partial charge in [-0.05, 0) is 69.3 Å². The summed E-state index contributed by atoms with van der Waals surface area (Å²) in [7, 11) is 0. The van der Waals surface area contributed by atoms with Crippen molar-refractivity contribution >= 4 is 47.4 Å². The number of amides is 1. The summed E-state index contributed by atoms with van der Waals surface area (Å²) in [5, 5.41) is 6.38. The van der Waals surface area contributed by atoms with Crippen LogP contribution in [-0.2, 0) is 9.53 Å². The quantitative estimate of drug-likeness (QED) is 0.691. The van der Waals surface area contributed by atoms with Crippen LogP contribution < -0.4 is 10.6 Å². The van der Waals surface area contributed by atoms with Crippen molar-refractivity contribution < 1.29 is 9.53 Å². The SMILES string of the molecule is Cl.Cl.O=C(CCC1CCNCC1)Nc1ccc2nc(C3CCCO3)[nH]c2c1. The van der Waals surface area contributed by atoms with Gasteiger partial charge in [0, 0.05) is 18.7 Å². The predicted octanol–water partition coefficient (Wildman–Crippen LogP) is 3.98. The van der Waals surface area contributed by atoms with Gasteiger partial charge in [-0.25, -0.2) is 4.98 Å². The number of halogens is 2. The van der Waals surface area contributed by atoms with E-state index in [1.165, 1.54) is 12.8 Å². The number of hydrogen-bond acceptors (Lipinski definition) is 4. The Balaban J connectivity index is 0.00000131. The normalized spacial score (nSPS) is 20.1. The molecule has 2 aliphatic heterocycles.